The number of hydrogen-bond acceptors (Lipinski definition) is 5. The van der Waals surface area contributed by atoms with Crippen LogP contribution in [0, 0.1) is 10.1 Å². The molecule has 2 aromatic rings. The van der Waals surface area contributed by atoms with Crippen LogP contribution in [0.2, 0.25) is 0 Å². The van der Waals surface area contributed by atoms with Crippen molar-refractivity contribution < 1.29 is 14.5 Å². The van der Waals surface area contributed by atoms with E-state index in [1.54, 1.807) is 12.1 Å². The fourth-order valence-corrected chi connectivity index (χ4v) is 3.38. The lowest BCUT2D eigenvalue weighted by atomic mass is 9.90. The fraction of sp³-hybridized carbons (Fsp3) is 0.150. The lowest BCUT2D eigenvalue weighted by Gasteiger charge is -2.19. The van der Waals surface area contributed by atoms with Crippen molar-refractivity contribution in [1.29, 1.82) is 0 Å². The summed E-state index contributed by atoms with van der Waals surface area (Å²) in [5, 5.41) is 17.4. The zero-order valence-corrected chi connectivity index (χ0v) is 14.6. The molecule has 136 valence electrons. The number of benzene rings is 2. The van der Waals surface area contributed by atoms with Crippen LogP contribution in [0.1, 0.15) is 18.4 Å². The van der Waals surface area contributed by atoms with Gasteiger partial charge in [0, 0.05) is 17.3 Å². The highest BCUT2D eigenvalue weighted by atomic mass is 16.6. The summed E-state index contributed by atoms with van der Waals surface area (Å²) in [6.45, 7) is 0. The minimum Gasteiger partial charge on any atom is -0.490 e. The largest absolute Gasteiger partial charge is 0.490 e. The number of nitro groups is 1. The molecule has 2 N–H and O–H groups in total. The van der Waals surface area contributed by atoms with Crippen LogP contribution in [0.15, 0.2) is 59.8 Å². The SMILES string of the molecule is COc1cc(C2=CC3=C(CC2)C(=O)Nc2ccccc2N3)ccc1[N+](=O)[O-]. The molecule has 0 radical (unpaired) electrons. The van der Waals surface area contributed by atoms with E-state index < -0.39 is 4.92 Å². The van der Waals surface area contributed by atoms with Gasteiger partial charge in [0.05, 0.1) is 23.4 Å². The van der Waals surface area contributed by atoms with Crippen LogP contribution in [0.4, 0.5) is 17.1 Å². The van der Waals surface area contributed by atoms with E-state index in [1.165, 1.54) is 13.2 Å². The van der Waals surface area contributed by atoms with E-state index in [2.05, 4.69) is 10.6 Å². The molecule has 1 aliphatic carbocycles. The highest BCUT2D eigenvalue weighted by molar-refractivity contribution is 6.09. The van der Waals surface area contributed by atoms with Crippen LogP contribution in [0.25, 0.3) is 5.57 Å². The predicted molar refractivity (Wildman–Crippen MR) is 103 cm³/mol. The van der Waals surface area contributed by atoms with Crippen LogP contribution < -0.4 is 15.4 Å². The number of methoxy groups -OCH3 is 1. The Morgan fingerprint density at radius 3 is 2.52 bits per heavy atom. The van der Waals surface area contributed by atoms with Crippen LogP contribution >= 0.6 is 0 Å². The standard InChI is InChI=1S/C20H17N3O4/c1-27-19-11-13(7-9-18(19)23(25)26)12-6-8-14-17(10-12)21-15-4-2-3-5-16(15)22-20(14)24/h2-5,7,9-11,21H,6,8H2,1H3,(H,22,24). The van der Waals surface area contributed by atoms with Gasteiger partial charge < -0.3 is 15.4 Å². The fourth-order valence-electron chi connectivity index (χ4n) is 3.38. The number of rotatable bonds is 3. The molecule has 4 rings (SSSR count). The summed E-state index contributed by atoms with van der Waals surface area (Å²) in [6.07, 6.45) is 3.17. The van der Waals surface area contributed by atoms with E-state index in [0.717, 1.165) is 28.2 Å². The summed E-state index contributed by atoms with van der Waals surface area (Å²) < 4.78 is 5.17. The third-order valence-electron chi connectivity index (χ3n) is 4.75. The Hall–Kier alpha value is -3.61. The van der Waals surface area contributed by atoms with E-state index in [-0.39, 0.29) is 17.3 Å². The van der Waals surface area contributed by atoms with Crippen LogP contribution in [-0.2, 0) is 4.79 Å². The highest BCUT2D eigenvalue weighted by Gasteiger charge is 2.25. The average Bonchev–Trinajstić information content (AvgIpc) is 2.82. The molecule has 0 fully saturated rings. The maximum Gasteiger partial charge on any atom is 0.310 e. The number of fused-ring (bicyclic) bond motifs is 1. The van der Waals surface area contributed by atoms with Crippen molar-refractivity contribution in [3.05, 3.63) is 75.5 Å². The number of nitrogens with zero attached hydrogens (tertiary/aromatic N) is 1. The number of anilines is 2. The van der Waals surface area contributed by atoms with Gasteiger partial charge in [-0.25, -0.2) is 0 Å². The van der Waals surface area contributed by atoms with Crippen molar-refractivity contribution in [2.45, 2.75) is 12.8 Å². The molecule has 1 aliphatic heterocycles. The van der Waals surface area contributed by atoms with E-state index >= 15 is 0 Å². The maximum atomic E-state index is 12.5. The average molecular weight is 363 g/mol. The molecule has 2 aromatic carbocycles. The predicted octanol–water partition coefficient (Wildman–Crippen LogP) is 4.10. The number of carbonyl (C=O) groups is 1. The summed E-state index contributed by atoms with van der Waals surface area (Å²) in [5.74, 6) is 0.106. The number of para-hydroxylation sites is 2. The first-order chi connectivity index (χ1) is 13.1. The first-order valence-electron chi connectivity index (χ1n) is 8.51. The Labute approximate surface area is 155 Å². The molecule has 27 heavy (non-hydrogen) atoms. The molecule has 0 atom stereocenters. The summed E-state index contributed by atoms with van der Waals surface area (Å²) in [4.78, 5) is 23.2. The van der Waals surface area contributed by atoms with Gasteiger partial charge in [-0.3, -0.25) is 14.9 Å². The molecule has 7 nitrogen and oxygen atoms in total. The molecule has 0 bridgehead atoms. The molecule has 0 saturated heterocycles. The second-order valence-corrected chi connectivity index (χ2v) is 6.33. The normalized spacial score (nSPS) is 15.6. The van der Waals surface area contributed by atoms with Gasteiger partial charge in [-0.05, 0) is 54.3 Å². The molecule has 2 aliphatic rings. The van der Waals surface area contributed by atoms with Gasteiger partial charge in [-0.15, -0.1) is 0 Å². The van der Waals surface area contributed by atoms with Gasteiger partial charge in [0.15, 0.2) is 5.75 Å². The Morgan fingerprint density at radius 2 is 1.81 bits per heavy atom. The van der Waals surface area contributed by atoms with Crippen molar-refractivity contribution in [2.24, 2.45) is 0 Å². The minimum atomic E-state index is -0.466. The minimum absolute atomic E-state index is 0.0709. The Kier molecular flexibility index (Phi) is 4.12. The van der Waals surface area contributed by atoms with Gasteiger partial charge in [-0.2, -0.15) is 0 Å². The smallest absolute Gasteiger partial charge is 0.310 e. The monoisotopic (exact) mass is 363 g/mol. The molecule has 0 saturated carbocycles. The third kappa shape index (κ3) is 3.03. The van der Waals surface area contributed by atoms with Crippen molar-refractivity contribution in [1.82, 2.24) is 0 Å². The Morgan fingerprint density at radius 1 is 1.07 bits per heavy atom. The Bertz CT molecular complexity index is 1020. The van der Waals surface area contributed by atoms with Crippen LogP contribution in [-0.4, -0.2) is 17.9 Å². The number of nitrogens with one attached hydrogen (secondary N) is 2. The van der Waals surface area contributed by atoms with E-state index in [0.29, 0.717) is 18.4 Å². The topological polar surface area (TPSA) is 93.5 Å². The third-order valence-corrected chi connectivity index (χ3v) is 4.75. The molecule has 1 heterocycles. The van der Waals surface area contributed by atoms with Crippen LogP contribution in [0.3, 0.4) is 0 Å². The van der Waals surface area contributed by atoms with Crippen molar-refractivity contribution in [3.8, 4) is 5.75 Å². The molecular formula is C20H17N3O4. The van der Waals surface area contributed by atoms with Gasteiger partial charge in [0.1, 0.15) is 0 Å². The number of allylic oxidation sites excluding steroid dienone is 2. The summed E-state index contributed by atoms with van der Waals surface area (Å²) in [5.41, 5.74) is 4.77. The molecule has 0 aromatic heterocycles. The zero-order chi connectivity index (χ0) is 19.0. The highest BCUT2D eigenvalue weighted by Crippen LogP contribution is 2.38. The van der Waals surface area contributed by atoms with Gasteiger partial charge in [0.2, 0.25) is 0 Å². The molecule has 7 heteroatoms. The number of amides is 1. The molecule has 0 unspecified atom stereocenters. The maximum absolute atomic E-state index is 12.5. The van der Waals surface area contributed by atoms with Crippen molar-refractivity contribution in [3.63, 3.8) is 0 Å². The molecule has 0 spiro atoms. The summed E-state index contributed by atoms with van der Waals surface area (Å²) in [6, 6.07) is 12.4. The number of ether oxygens (including phenoxy) is 1. The zero-order valence-electron chi connectivity index (χ0n) is 14.6. The first kappa shape index (κ1) is 16.8. The second kappa shape index (κ2) is 6.60. The Balaban J connectivity index is 1.74. The number of carbonyl (C=O) groups excluding carboxylic acids is 1. The van der Waals surface area contributed by atoms with E-state index in [1.807, 2.05) is 30.3 Å². The first-order valence-corrected chi connectivity index (χ1v) is 8.51. The summed E-state index contributed by atoms with van der Waals surface area (Å²) >= 11 is 0. The van der Waals surface area contributed by atoms with Crippen molar-refractivity contribution >= 4 is 28.5 Å². The lowest BCUT2D eigenvalue weighted by Crippen LogP contribution is -2.16. The number of nitro benzene ring substituents is 1. The van der Waals surface area contributed by atoms with E-state index in [4.69, 9.17) is 4.74 Å². The quantitative estimate of drug-likeness (QED) is 0.632. The van der Waals surface area contributed by atoms with E-state index in [9.17, 15) is 14.9 Å². The molecular weight excluding hydrogens is 346 g/mol. The van der Waals surface area contributed by atoms with Gasteiger partial charge in [0.25, 0.3) is 5.91 Å². The molecule has 1 amide bonds. The van der Waals surface area contributed by atoms with Crippen LogP contribution in [0.5, 0.6) is 5.75 Å². The number of hydrogen-bond donors (Lipinski definition) is 2. The summed E-state index contributed by atoms with van der Waals surface area (Å²) in [7, 11) is 1.41. The lowest BCUT2D eigenvalue weighted by molar-refractivity contribution is -0.385. The van der Waals surface area contributed by atoms with Gasteiger partial charge >= 0.3 is 5.69 Å². The van der Waals surface area contributed by atoms with Gasteiger partial charge in [-0.1, -0.05) is 12.1 Å². The van der Waals surface area contributed by atoms with Crippen molar-refractivity contribution in [2.75, 3.05) is 17.7 Å². The second-order valence-electron chi connectivity index (χ2n) is 6.33.